The summed E-state index contributed by atoms with van der Waals surface area (Å²) in [6, 6.07) is 9.31. The molecule has 0 heterocycles. The van der Waals surface area contributed by atoms with E-state index in [1.807, 2.05) is 30.3 Å². The van der Waals surface area contributed by atoms with Crippen molar-refractivity contribution < 1.29 is 23.9 Å². The number of hydrogen-bond acceptors (Lipinski definition) is 5. The first-order chi connectivity index (χ1) is 10.6. The highest BCUT2D eigenvalue weighted by Crippen LogP contribution is 2.01. The molecule has 0 atom stereocenters. The highest BCUT2D eigenvalue weighted by atomic mass is 16.5. The zero-order valence-electron chi connectivity index (χ0n) is 12.4. The van der Waals surface area contributed by atoms with Crippen LogP contribution in [0.25, 0.3) is 0 Å². The summed E-state index contributed by atoms with van der Waals surface area (Å²) in [6.45, 7) is 2.26. The molecular formula is C16H19NO5. The van der Waals surface area contributed by atoms with Crippen LogP contribution in [0.2, 0.25) is 0 Å². The zero-order valence-corrected chi connectivity index (χ0v) is 12.4. The number of ether oxygens (including phenoxy) is 2. The number of esters is 2. The molecule has 0 spiro atoms. The lowest BCUT2D eigenvalue weighted by molar-refractivity contribution is -0.145. The Hall–Kier alpha value is -2.63. The van der Waals surface area contributed by atoms with Crippen molar-refractivity contribution in [2.75, 3.05) is 13.2 Å². The number of hydrogen-bond donors (Lipinski definition) is 1. The van der Waals surface area contributed by atoms with E-state index in [-0.39, 0.29) is 26.2 Å². The van der Waals surface area contributed by atoms with Gasteiger partial charge in [-0.1, -0.05) is 30.3 Å². The number of carbonyl (C=O) groups is 3. The molecule has 0 bridgehead atoms. The van der Waals surface area contributed by atoms with Crippen molar-refractivity contribution in [1.82, 2.24) is 5.32 Å². The summed E-state index contributed by atoms with van der Waals surface area (Å²) in [5, 5.41) is 2.47. The summed E-state index contributed by atoms with van der Waals surface area (Å²) in [4.78, 5) is 33.8. The van der Waals surface area contributed by atoms with Gasteiger partial charge in [-0.25, -0.2) is 4.79 Å². The largest absolute Gasteiger partial charge is 0.463 e. The van der Waals surface area contributed by atoms with Gasteiger partial charge in [0.15, 0.2) is 0 Å². The number of rotatable bonds is 8. The number of amides is 1. The average molecular weight is 305 g/mol. The van der Waals surface area contributed by atoms with Crippen molar-refractivity contribution in [3.63, 3.8) is 0 Å². The molecule has 1 rings (SSSR count). The van der Waals surface area contributed by atoms with Crippen molar-refractivity contribution in [2.45, 2.75) is 20.0 Å². The maximum absolute atomic E-state index is 11.5. The molecule has 22 heavy (non-hydrogen) atoms. The van der Waals surface area contributed by atoms with Gasteiger partial charge in [-0.3, -0.25) is 9.59 Å². The van der Waals surface area contributed by atoms with Gasteiger partial charge in [0.05, 0.1) is 13.0 Å². The van der Waals surface area contributed by atoms with Crippen LogP contribution in [0.5, 0.6) is 0 Å². The maximum atomic E-state index is 11.5. The normalized spacial score (nSPS) is 10.2. The smallest absolute Gasteiger partial charge is 0.330 e. The van der Waals surface area contributed by atoms with E-state index < -0.39 is 17.8 Å². The molecule has 0 aliphatic heterocycles. The monoisotopic (exact) mass is 305 g/mol. The maximum Gasteiger partial charge on any atom is 0.330 e. The highest BCUT2D eigenvalue weighted by Gasteiger charge is 2.04. The van der Waals surface area contributed by atoms with E-state index in [4.69, 9.17) is 4.74 Å². The number of benzene rings is 1. The van der Waals surface area contributed by atoms with E-state index in [9.17, 15) is 14.4 Å². The standard InChI is InChI=1S/C16H19NO5/c1-2-21-15(19)9-8-14(18)17-11-10-16(20)22-12-13-6-4-3-5-7-13/h3-9H,2,10-12H2,1H3,(H,17,18)/b9-8+. The summed E-state index contributed by atoms with van der Waals surface area (Å²) in [5.41, 5.74) is 0.900. The molecule has 1 aromatic rings. The second kappa shape index (κ2) is 10.1. The van der Waals surface area contributed by atoms with Gasteiger partial charge in [-0.05, 0) is 12.5 Å². The predicted molar refractivity (Wildman–Crippen MR) is 79.6 cm³/mol. The van der Waals surface area contributed by atoms with Crippen LogP contribution in [-0.2, 0) is 30.5 Å². The minimum absolute atomic E-state index is 0.0613. The molecule has 0 saturated carbocycles. The van der Waals surface area contributed by atoms with Crippen molar-refractivity contribution in [3.05, 3.63) is 48.0 Å². The lowest BCUT2D eigenvalue weighted by Gasteiger charge is -2.05. The first kappa shape index (κ1) is 17.4. The van der Waals surface area contributed by atoms with E-state index in [1.54, 1.807) is 6.92 Å². The molecule has 0 radical (unpaired) electrons. The lowest BCUT2D eigenvalue weighted by atomic mass is 10.2. The van der Waals surface area contributed by atoms with Crippen LogP contribution in [0.1, 0.15) is 18.9 Å². The van der Waals surface area contributed by atoms with Crippen LogP contribution < -0.4 is 5.32 Å². The Kier molecular flexibility index (Phi) is 8.04. The minimum atomic E-state index is -0.583. The van der Waals surface area contributed by atoms with E-state index in [0.29, 0.717) is 0 Å². The van der Waals surface area contributed by atoms with Crippen LogP contribution in [-0.4, -0.2) is 31.0 Å². The molecule has 0 aromatic heterocycles. The summed E-state index contributed by atoms with van der Waals surface area (Å²) in [5.74, 6) is -1.46. The predicted octanol–water partition coefficient (Wildman–Crippen LogP) is 1.36. The Morgan fingerprint density at radius 2 is 1.82 bits per heavy atom. The molecule has 1 amide bonds. The Morgan fingerprint density at radius 3 is 2.50 bits per heavy atom. The lowest BCUT2D eigenvalue weighted by Crippen LogP contribution is -2.25. The highest BCUT2D eigenvalue weighted by molar-refractivity contribution is 5.94. The van der Waals surface area contributed by atoms with Gasteiger partial charge in [0.2, 0.25) is 5.91 Å². The van der Waals surface area contributed by atoms with Gasteiger partial charge in [-0.15, -0.1) is 0 Å². The van der Waals surface area contributed by atoms with Crippen molar-refractivity contribution in [3.8, 4) is 0 Å². The molecule has 0 unspecified atom stereocenters. The SMILES string of the molecule is CCOC(=O)/C=C/C(=O)NCCC(=O)OCc1ccccc1. The molecule has 0 aliphatic rings. The molecule has 0 saturated heterocycles. The molecular weight excluding hydrogens is 286 g/mol. The molecule has 6 heteroatoms. The fourth-order valence-corrected chi connectivity index (χ4v) is 1.49. The second-order valence-electron chi connectivity index (χ2n) is 4.27. The van der Waals surface area contributed by atoms with Crippen LogP contribution in [0.3, 0.4) is 0 Å². The van der Waals surface area contributed by atoms with Gasteiger partial charge in [-0.2, -0.15) is 0 Å². The molecule has 0 fully saturated rings. The Labute approximate surface area is 129 Å². The summed E-state index contributed by atoms with van der Waals surface area (Å²) in [6.07, 6.45) is 2.16. The van der Waals surface area contributed by atoms with Crippen LogP contribution in [0.4, 0.5) is 0 Å². The molecule has 1 aromatic carbocycles. The minimum Gasteiger partial charge on any atom is -0.463 e. The van der Waals surface area contributed by atoms with E-state index in [2.05, 4.69) is 10.1 Å². The van der Waals surface area contributed by atoms with E-state index >= 15 is 0 Å². The fourth-order valence-electron chi connectivity index (χ4n) is 1.49. The summed E-state index contributed by atoms with van der Waals surface area (Å²) < 4.78 is 9.69. The third-order valence-electron chi connectivity index (χ3n) is 2.53. The van der Waals surface area contributed by atoms with Crippen molar-refractivity contribution >= 4 is 17.8 Å². The molecule has 1 N–H and O–H groups in total. The van der Waals surface area contributed by atoms with Crippen LogP contribution in [0.15, 0.2) is 42.5 Å². The van der Waals surface area contributed by atoms with Crippen LogP contribution in [0, 0.1) is 0 Å². The van der Waals surface area contributed by atoms with Gasteiger partial charge in [0.25, 0.3) is 0 Å². The Balaban J connectivity index is 2.16. The van der Waals surface area contributed by atoms with Gasteiger partial charge in [0.1, 0.15) is 6.61 Å². The van der Waals surface area contributed by atoms with E-state index in [1.165, 1.54) is 0 Å². The number of carbonyl (C=O) groups excluding carboxylic acids is 3. The third kappa shape index (κ3) is 7.84. The third-order valence-corrected chi connectivity index (χ3v) is 2.53. The quantitative estimate of drug-likeness (QED) is 0.579. The molecule has 0 aliphatic carbocycles. The number of nitrogens with one attached hydrogen (secondary N) is 1. The van der Waals surface area contributed by atoms with Crippen molar-refractivity contribution in [1.29, 1.82) is 0 Å². The Bertz CT molecular complexity index is 525. The van der Waals surface area contributed by atoms with Gasteiger partial charge < -0.3 is 14.8 Å². The summed E-state index contributed by atoms with van der Waals surface area (Å²) in [7, 11) is 0. The first-order valence-electron chi connectivity index (χ1n) is 6.94. The fraction of sp³-hybridized carbons (Fsp3) is 0.312. The average Bonchev–Trinajstić information content (AvgIpc) is 2.52. The van der Waals surface area contributed by atoms with E-state index in [0.717, 1.165) is 17.7 Å². The van der Waals surface area contributed by atoms with Crippen molar-refractivity contribution in [2.24, 2.45) is 0 Å². The molecule has 6 nitrogen and oxygen atoms in total. The topological polar surface area (TPSA) is 81.7 Å². The Morgan fingerprint density at radius 1 is 1.09 bits per heavy atom. The van der Waals surface area contributed by atoms with Gasteiger partial charge in [0, 0.05) is 18.7 Å². The van der Waals surface area contributed by atoms with Gasteiger partial charge >= 0.3 is 11.9 Å². The molecule has 118 valence electrons. The van der Waals surface area contributed by atoms with Crippen LogP contribution >= 0.6 is 0 Å². The zero-order chi connectivity index (χ0) is 16.2. The second-order valence-corrected chi connectivity index (χ2v) is 4.27. The first-order valence-corrected chi connectivity index (χ1v) is 6.94. The summed E-state index contributed by atoms with van der Waals surface area (Å²) >= 11 is 0.